The number of aromatic nitrogens is 1. The first kappa shape index (κ1) is 31.6. The molecule has 0 spiro atoms. The van der Waals surface area contributed by atoms with Crippen LogP contribution in [0.25, 0.3) is 21.2 Å². The summed E-state index contributed by atoms with van der Waals surface area (Å²) in [4.78, 5) is 33.5. The number of piperidine rings is 1. The van der Waals surface area contributed by atoms with Crippen molar-refractivity contribution >= 4 is 44.6 Å². The molecule has 0 unspecified atom stereocenters. The van der Waals surface area contributed by atoms with Crippen molar-refractivity contribution in [1.82, 2.24) is 15.2 Å². The molecule has 0 radical (unpaired) electrons. The number of fused-ring (bicyclic) bond motifs is 1. The van der Waals surface area contributed by atoms with E-state index in [1.165, 1.54) is 39.1 Å². The Hall–Kier alpha value is -4.02. The number of halogens is 3. The average molecular weight is 674 g/mol. The molecule has 7 rings (SSSR count). The SMILES string of the molecule is O=C(NCC1(c2csc3ccccc23)CCCC1)c1csc(C2CCN(C(=O)c3ccccc3-c3ccc(C(F)(F)F)cc3)CC2)n1. The highest BCUT2D eigenvalue weighted by Gasteiger charge is 2.38. The first-order valence-corrected chi connectivity index (χ1v) is 17.7. The molecule has 2 aromatic heterocycles. The lowest BCUT2D eigenvalue weighted by Crippen LogP contribution is -2.39. The predicted octanol–water partition coefficient (Wildman–Crippen LogP) is 9.31. The van der Waals surface area contributed by atoms with Crippen molar-refractivity contribution in [3.63, 3.8) is 0 Å². The number of carbonyl (C=O) groups is 2. The van der Waals surface area contributed by atoms with E-state index in [0.29, 0.717) is 42.0 Å². The van der Waals surface area contributed by atoms with Crippen LogP contribution in [0, 0.1) is 0 Å². The summed E-state index contributed by atoms with van der Waals surface area (Å²) in [5.41, 5.74) is 2.64. The van der Waals surface area contributed by atoms with Crippen LogP contribution in [0.1, 0.15) is 81.4 Å². The summed E-state index contributed by atoms with van der Waals surface area (Å²) in [5, 5.41) is 9.53. The Morgan fingerprint density at radius 3 is 2.34 bits per heavy atom. The number of thiophene rings is 1. The topological polar surface area (TPSA) is 62.3 Å². The fourth-order valence-corrected chi connectivity index (χ4v) is 9.22. The van der Waals surface area contributed by atoms with Crippen molar-refractivity contribution < 1.29 is 22.8 Å². The second kappa shape index (κ2) is 12.9. The lowest BCUT2D eigenvalue weighted by Gasteiger charge is -2.31. The van der Waals surface area contributed by atoms with Crippen LogP contribution in [0.4, 0.5) is 13.2 Å². The number of nitrogens with one attached hydrogen (secondary N) is 1. The van der Waals surface area contributed by atoms with Gasteiger partial charge in [-0.2, -0.15) is 13.2 Å². The van der Waals surface area contributed by atoms with Crippen molar-refractivity contribution in [3.8, 4) is 11.1 Å². The second-order valence-electron chi connectivity index (χ2n) is 12.6. The van der Waals surface area contributed by atoms with Gasteiger partial charge in [0.25, 0.3) is 11.8 Å². The van der Waals surface area contributed by atoms with E-state index in [0.717, 1.165) is 55.7 Å². The maximum absolute atomic E-state index is 13.6. The van der Waals surface area contributed by atoms with E-state index in [4.69, 9.17) is 4.98 Å². The highest BCUT2D eigenvalue weighted by Crippen LogP contribution is 2.45. The molecule has 1 saturated carbocycles. The zero-order valence-corrected chi connectivity index (χ0v) is 27.3. The minimum atomic E-state index is -4.42. The molecule has 3 heterocycles. The van der Waals surface area contributed by atoms with Crippen molar-refractivity contribution in [2.24, 2.45) is 0 Å². The van der Waals surface area contributed by atoms with Crippen LogP contribution >= 0.6 is 22.7 Å². The molecule has 2 fully saturated rings. The summed E-state index contributed by atoms with van der Waals surface area (Å²) in [6, 6.07) is 20.5. The number of alkyl halides is 3. The van der Waals surface area contributed by atoms with Gasteiger partial charge in [-0.3, -0.25) is 9.59 Å². The molecule has 5 nitrogen and oxygen atoms in total. The number of carbonyl (C=O) groups excluding carboxylic acids is 2. The predicted molar refractivity (Wildman–Crippen MR) is 181 cm³/mol. The maximum Gasteiger partial charge on any atom is 0.416 e. The monoisotopic (exact) mass is 673 g/mol. The molecular formula is C37H34F3N3O2S2. The summed E-state index contributed by atoms with van der Waals surface area (Å²) in [5.74, 6) is -0.141. The Bertz CT molecular complexity index is 1900. The quantitative estimate of drug-likeness (QED) is 0.187. The lowest BCUT2D eigenvalue weighted by atomic mass is 9.78. The van der Waals surface area contributed by atoms with Gasteiger partial charge in [0.15, 0.2) is 0 Å². The normalized spacial score (nSPS) is 16.9. The molecule has 47 heavy (non-hydrogen) atoms. The molecule has 0 bridgehead atoms. The third-order valence-corrected chi connectivity index (χ3v) is 11.7. The molecule has 2 aliphatic rings. The number of likely N-dealkylation sites (tertiary alicyclic amines) is 1. The van der Waals surface area contributed by atoms with Crippen LogP contribution in [0.2, 0.25) is 0 Å². The fraction of sp³-hybridized carbons (Fsp3) is 0.324. The highest BCUT2D eigenvalue weighted by atomic mass is 32.1. The van der Waals surface area contributed by atoms with E-state index in [1.807, 2.05) is 5.38 Å². The maximum atomic E-state index is 13.6. The average Bonchev–Trinajstić information content (AvgIpc) is 3.88. The van der Waals surface area contributed by atoms with Crippen LogP contribution in [0.5, 0.6) is 0 Å². The number of nitrogens with zero attached hydrogens (tertiary/aromatic N) is 2. The van der Waals surface area contributed by atoms with Crippen LogP contribution < -0.4 is 5.32 Å². The van der Waals surface area contributed by atoms with E-state index in [1.54, 1.807) is 40.5 Å². The molecule has 3 aromatic carbocycles. The standard InChI is InChI=1S/C37H34F3N3O2S2/c38-37(39,40)26-13-11-24(12-14-26)27-7-1-2-8-28(27)35(45)43-19-15-25(16-20-43)34-42-31(22-47-34)33(44)41-23-36(17-5-6-18-36)30-21-46-32-10-4-3-9-29(30)32/h1-4,7-14,21-22,25H,5-6,15-20,23H2,(H,41,44). The van der Waals surface area contributed by atoms with Gasteiger partial charge in [0.2, 0.25) is 0 Å². The minimum Gasteiger partial charge on any atom is -0.350 e. The second-order valence-corrected chi connectivity index (χ2v) is 14.4. The molecule has 1 saturated heterocycles. The van der Waals surface area contributed by atoms with Gasteiger partial charge in [-0.15, -0.1) is 22.7 Å². The van der Waals surface area contributed by atoms with Crippen LogP contribution in [0.3, 0.4) is 0 Å². The van der Waals surface area contributed by atoms with Crippen molar-refractivity contribution in [2.75, 3.05) is 19.6 Å². The number of hydrogen-bond acceptors (Lipinski definition) is 5. The summed E-state index contributed by atoms with van der Waals surface area (Å²) < 4.78 is 40.5. The number of hydrogen-bond donors (Lipinski definition) is 1. The Morgan fingerprint density at radius 1 is 0.894 bits per heavy atom. The number of rotatable bonds is 7. The Balaban J connectivity index is 0.982. The number of thiazole rings is 1. The molecule has 1 aliphatic carbocycles. The smallest absolute Gasteiger partial charge is 0.350 e. The van der Waals surface area contributed by atoms with Gasteiger partial charge in [0.1, 0.15) is 5.69 Å². The lowest BCUT2D eigenvalue weighted by molar-refractivity contribution is -0.137. The van der Waals surface area contributed by atoms with Gasteiger partial charge in [-0.1, -0.05) is 61.4 Å². The van der Waals surface area contributed by atoms with E-state index in [9.17, 15) is 22.8 Å². The highest BCUT2D eigenvalue weighted by molar-refractivity contribution is 7.17. The molecular weight excluding hydrogens is 640 g/mol. The Morgan fingerprint density at radius 2 is 1.60 bits per heavy atom. The number of benzene rings is 3. The fourth-order valence-electron chi connectivity index (χ4n) is 7.16. The molecule has 1 N–H and O–H groups in total. The summed E-state index contributed by atoms with van der Waals surface area (Å²) in [6.45, 7) is 1.65. The van der Waals surface area contributed by atoms with Crippen molar-refractivity contribution in [3.05, 3.63) is 111 Å². The first-order valence-electron chi connectivity index (χ1n) is 16.0. The molecule has 0 atom stereocenters. The Labute approximate surface area is 279 Å². The third kappa shape index (κ3) is 6.33. The van der Waals surface area contributed by atoms with Gasteiger partial charge in [0.05, 0.1) is 10.6 Å². The Kier molecular flexibility index (Phi) is 8.65. The van der Waals surface area contributed by atoms with Crippen LogP contribution in [0.15, 0.2) is 83.6 Å². The molecule has 242 valence electrons. The number of amides is 2. The first-order chi connectivity index (χ1) is 22.7. The van der Waals surface area contributed by atoms with Gasteiger partial charge in [-0.05, 0) is 77.4 Å². The van der Waals surface area contributed by atoms with E-state index < -0.39 is 11.7 Å². The van der Waals surface area contributed by atoms with Crippen molar-refractivity contribution in [2.45, 2.75) is 56.0 Å². The molecule has 1 aliphatic heterocycles. The molecule has 10 heteroatoms. The largest absolute Gasteiger partial charge is 0.416 e. The minimum absolute atomic E-state index is 0.0569. The summed E-state index contributed by atoms with van der Waals surface area (Å²) in [6.07, 6.45) is 1.45. The van der Waals surface area contributed by atoms with Crippen LogP contribution in [-0.2, 0) is 11.6 Å². The van der Waals surface area contributed by atoms with Gasteiger partial charge in [0, 0.05) is 46.6 Å². The zero-order valence-electron chi connectivity index (χ0n) is 25.7. The van der Waals surface area contributed by atoms with E-state index in [-0.39, 0.29) is 23.1 Å². The van der Waals surface area contributed by atoms with E-state index >= 15 is 0 Å². The third-order valence-electron chi connectivity index (χ3n) is 9.77. The summed E-state index contributed by atoms with van der Waals surface area (Å²) in [7, 11) is 0. The van der Waals surface area contributed by atoms with Gasteiger partial charge in [-0.25, -0.2) is 4.98 Å². The molecule has 5 aromatic rings. The van der Waals surface area contributed by atoms with Crippen molar-refractivity contribution in [1.29, 1.82) is 0 Å². The molecule has 2 amide bonds. The van der Waals surface area contributed by atoms with Gasteiger partial charge >= 0.3 is 6.18 Å². The zero-order chi connectivity index (χ0) is 32.6. The summed E-state index contributed by atoms with van der Waals surface area (Å²) >= 11 is 3.26. The van der Waals surface area contributed by atoms with Gasteiger partial charge < -0.3 is 10.2 Å². The van der Waals surface area contributed by atoms with E-state index in [2.05, 4.69) is 35.0 Å². The van der Waals surface area contributed by atoms with Crippen LogP contribution in [-0.4, -0.2) is 41.3 Å².